The number of nitrogens with zero attached hydrogens (tertiary/aromatic N) is 2. The van der Waals surface area contributed by atoms with Gasteiger partial charge in [-0.2, -0.15) is 0 Å². The Morgan fingerprint density at radius 1 is 1.57 bits per heavy atom. The van der Waals surface area contributed by atoms with Gasteiger partial charge in [0.15, 0.2) is 5.17 Å². The zero-order valence-electron chi connectivity index (χ0n) is 11.1. The van der Waals surface area contributed by atoms with Gasteiger partial charge >= 0.3 is 5.97 Å². The van der Waals surface area contributed by atoms with E-state index in [1.807, 2.05) is 0 Å². The van der Waals surface area contributed by atoms with Crippen molar-refractivity contribution < 1.29 is 15.0 Å². The van der Waals surface area contributed by atoms with Crippen molar-refractivity contribution in [2.45, 2.75) is 11.8 Å². The summed E-state index contributed by atoms with van der Waals surface area (Å²) in [5, 5.41) is 24.9. The first kappa shape index (κ1) is 17.4. The first-order valence-corrected chi connectivity index (χ1v) is 6.72. The molecule has 1 heterocycles. The number of aliphatic carboxylic acids is 1. The van der Waals surface area contributed by atoms with Gasteiger partial charge in [-0.05, 0) is 17.7 Å². The van der Waals surface area contributed by atoms with Crippen molar-refractivity contribution >= 4 is 35.3 Å². The van der Waals surface area contributed by atoms with E-state index >= 15 is 0 Å². The van der Waals surface area contributed by atoms with E-state index in [4.69, 9.17) is 10.8 Å². The number of phenols is 1. The number of carboxylic acid groups (broad SMARTS) is 1. The van der Waals surface area contributed by atoms with Crippen molar-refractivity contribution in [3.8, 4) is 5.75 Å². The number of aromatic hydroxyl groups is 1. The molecule has 0 spiro atoms. The number of hydrogen-bond donors (Lipinski definition) is 5. The average molecular weight is 334 g/mol. The van der Waals surface area contributed by atoms with Gasteiger partial charge in [0.2, 0.25) is 0 Å². The number of benzene rings is 1. The number of amidine groups is 1. The van der Waals surface area contributed by atoms with Gasteiger partial charge in [0.25, 0.3) is 0 Å². The molecule has 10 heteroatoms. The quantitative estimate of drug-likeness (QED) is 0.535. The van der Waals surface area contributed by atoms with Crippen molar-refractivity contribution in [3.05, 3.63) is 29.3 Å². The Morgan fingerprint density at radius 2 is 2.29 bits per heavy atom. The first-order chi connectivity index (χ1) is 9.47. The number of nitrogens with one attached hydrogen (secondary N) is 2. The Morgan fingerprint density at radius 3 is 2.86 bits per heavy atom. The molecule has 0 amide bonds. The molecule has 6 N–H and O–H groups in total. The molecule has 1 aliphatic rings. The van der Waals surface area contributed by atoms with Crippen LogP contribution in [-0.4, -0.2) is 33.5 Å². The predicted molar refractivity (Wildman–Crippen MR) is 82.7 cm³/mol. The maximum absolute atomic E-state index is 10.9. The number of thioether (sulfide) groups is 1. The molecule has 0 aliphatic carbocycles. The first-order valence-electron chi connectivity index (χ1n) is 5.74. The summed E-state index contributed by atoms with van der Waals surface area (Å²) in [6, 6.07) is 3.44. The van der Waals surface area contributed by atoms with Crippen LogP contribution in [0.1, 0.15) is 17.2 Å². The summed E-state index contributed by atoms with van der Waals surface area (Å²) in [5.74, 6) is -0.575. The molecule has 116 valence electrons. The largest absolute Gasteiger partial charge is 0.508 e. The van der Waals surface area contributed by atoms with Crippen LogP contribution in [0.4, 0.5) is 0 Å². The Balaban J connectivity index is 0.00000220. The summed E-state index contributed by atoms with van der Waals surface area (Å²) in [4.78, 5) is 10.9. The molecule has 1 atom stereocenters. The van der Waals surface area contributed by atoms with Gasteiger partial charge in [-0.15, -0.1) is 22.6 Å². The number of rotatable bonds is 4. The highest BCUT2D eigenvalue weighted by molar-refractivity contribution is 8.13. The highest BCUT2D eigenvalue weighted by Crippen LogP contribution is 2.26. The van der Waals surface area contributed by atoms with E-state index in [-0.39, 0.29) is 18.2 Å². The number of carbonyl (C=O) groups is 1. The van der Waals surface area contributed by atoms with E-state index in [0.29, 0.717) is 22.0 Å². The number of phenolic OH excluding ortho intramolecular Hbond substituents is 1. The molecule has 0 radical (unpaired) electrons. The zero-order valence-corrected chi connectivity index (χ0v) is 12.7. The van der Waals surface area contributed by atoms with E-state index in [1.54, 1.807) is 18.2 Å². The molecule has 0 aromatic heterocycles. The van der Waals surface area contributed by atoms with Gasteiger partial charge in [0.05, 0.1) is 0 Å². The molecule has 0 bridgehead atoms. The van der Waals surface area contributed by atoms with E-state index in [1.165, 1.54) is 23.9 Å². The third-order valence-electron chi connectivity index (χ3n) is 2.66. The summed E-state index contributed by atoms with van der Waals surface area (Å²) in [7, 11) is 1.76. The SMILES string of the molecule is CN1NN=C(SCc2cc(C(N)C(=O)O)ccc2O)N1.Cl. The van der Waals surface area contributed by atoms with E-state index < -0.39 is 12.0 Å². The second kappa shape index (κ2) is 7.36. The zero-order chi connectivity index (χ0) is 14.7. The van der Waals surface area contributed by atoms with Crippen LogP contribution < -0.4 is 16.7 Å². The number of hydrazine groups is 2. The minimum absolute atomic E-state index is 0. The molecule has 1 aliphatic heterocycles. The van der Waals surface area contributed by atoms with Crippen LogP contribution in [-0.2, 0) is 10.5 Å². The number of hydrogen-bond acceptors (Lipinski definition) is 8. The van der Waals surface area contributed by atoms with Gasteiger partial charge < -0.3 is 15.9 Å². The van der Waals surface area contributed by atoms with Crippen LogP contribution in [0.2, 0.25) is 0 Å². The molecule has 1 aromatic carbocycles. The van der Waals surface area contributed by atoms with Crippen molar-refractivity contribution in [1.29, 1.82) is 0 Å². The fourth-order valence-electron chi connectivity index (χ4n) is 1.58. The fourth-order valence-corrected chi connectivity index (χ4v) is 2.41. The maximum Gasteiger partial charge on any atom is 0.325 e. The Labute approximate surface area is 131 Å². The molecule has 0 saturated heterocycles. The van der Waals surface area contributed by atoms with E-state index in [2.05, 4.69) is 16.1 Å². The van der Waals surface area contributed by atoms with Crippen LogP contribution in [0.25, 0.3) is 0 Å². The van der Waals surface area contributed by atoms with Gasteiger partial charge in [-0.3, -0.25) is 10.2 Å². The average Bonchev–Trinajstić information content (AvgIpc) is 2.82. The van der Waals surface area contributed by atoms with Crippen LogP contribution in [0.15, 0.2) is 23.3 Å². The van der Waals surface area contributed by atoms with Crippen molar-refractivity contribution in [3.63, 3.8) is 0 Å². The number of nitrogens with two attached hydrogens (primary N) is 1. The van der Waals surface area contributed by atoms with Crippen molar-refractivity contribution in [2.24, 2.45) is 10.8 Å². The van der Waals surface area contributed by atoms with Crippen molar-refractivity contribution in [1.82, 2.24) is 16.1 Å². The Bertz CT molecular complexity index is 557. The summed E-state index contributed by atoms with van der Waals surface area (Å²) in [6.45, 7) is 0. The second-order valence-electron chi connectivity index (χ2n) is 4.18. The lowest BCUT2D eigenvalue weighted by Gasteiger charge is -2.11. The number of halogens is 1. The van der Waals surface area contributed by atoms with Crippen LogP contribution >= 0.6 is 24.2 Å². The maximum atomic E-state index is 10.9. The highest BCUT2D eigenvalue weighted by atomic mass is 35.5. The summed E-state index contributed by atoms with van der Waals surface area (Å²) < 4.78 is 0. The van der Waals surface area contributed by atoms with E-state index in [9.17, 15) is 9.90 Å². The third kappa shape index (κ3) is 4.39. The lowest BCUT2D eigenvalue weighted by Crippen LogP contribution is -2.36. The monoisotopic (exact) mass is 333 g/mol. The van der Waals surface area contributed by atoms with Crippen LogP contribution in [0, 0.1) is 0 Å². The summed E-state index contributed by atoms with van der Waals surface area (Å²) in [5.41, 5.74) is 12.2. The lowest BCUT2D eigenvalue weighted by atomic mass is 10.0. The lowest BCUT2D eigenvalue weighted by molar-refractivity contribution is -0.138. The number of hydrazone groups is 1. The Kier molecular flexibility index (Phi) is 6.09. The minimum atomic E-state index is -1.11. The van der Waals surface area contributed by atoms with Crippen LogP contribution in [0.3, 0.4) is 0 Å². The van der Waals surface area contributed by atoms with Gasteiger partial charge in [-0.1, -0.05) is 17.8 Å². The minimum Gasteiger partial charge on any atom is -0.508 e. The third-order valence-corrected chi connectivity index (χ3v) is 3.57. The van der Waals surface area contributed by atoms with Crippen LogP contribution in [0.5, 0.6) is 5.75 Å². The second-order valence-corrected chi connectivity index (χ2v) is 5.14. The van der Waals surface area contributed by atoms with Crippen molar-refractivity contribution in [2.75, 3.05) is 7.05 Å². The Hall–Kier alpha value is -1.68. The van der Waals surface area contributed by atoms with Gasteiger partial charge in [0, 0.05) is 18.4 Å². The fraction of sp³-hybridized carbons (Fsp3) is 0.273. The highest BCUT2D eigenvalue weighted by Gasteiger charge is 2.17. The molecule has 21 heavy (non-hydrogen) atoms. The topological polar surface area (TPSA) is 123 Å². The molecule has 1 aromatic rings. The van der Waals surface area contributed by atoms with E-state index in [0.717, 1.165) is 0 Å². The predicted octanol–water partition coefficient (Wildman–Crippen LogP) is 0.357. The smallest absolute Gasteiger partial charge is 0.325 e. The molecular weight excluding hydrogens is 318 g/mol. The molecule has 8 nitrogen and oxygen atoms in total. The van der Waals surface area contributed by atoms with Gasteiger partial charge in [-0.25, -0.2) is 5.53 Å². The molecule has 0 saturated carbocycles. The number of carboxylic acids is 1. The molecule has 2 rings (SSSR count). The summed E-state index contributed by atoms with van der Waals surface area (Å²) >= 11 is 1.37. The molecule has 1 unspecified atom stereocenters. The molecular formula is C11H16ClN5O3S. The normalized spacial score (nSPS) is 15.4. The van der Waals surface area contributed by atoms with Gasteiger partial charge in [0.1, 0.15) is 11.8 Å². The summed E-state index contributed by atoms with van der Waals surface area (Å²) in [6.07, 6.45) is 0. The molecule has 0 fully saturated rings. The standard InChI is InChI=1S/C11H15N5O3S.ClH/c1-16-14-11(13-15-16)20-5-7-4-6(2-3-8(7)17)9(12)10(18)19;/h2-4,9,15,17H,5,12H2,1H3,(H,13,14)(H,18,19);1H.